The third-order valence-electron chi connectivity index (χ3n) is 8.32. The molecule has 0 aliphatic carbocycles. The molecule has 3 heteroatoms. The Morgan fingerprint density at radius 1 is 0.619 bits per heavy atom. The highest BCUT2D eigenvalue weighted by Crippen LogP contribution is 2.37. The zero-order chi connectivity index (χ0) is 29.0. The van der Waals surface area contributed by atoms with Gasteiger partial charge < -0.3 is 13.4 Å². The van der Waals surface area contributed by atoms with Crippen molar-refractivity contribution in [2.24, 2.45) is 0 Å². The lowest BCUT2D eigenvalue weighted by Gasteiger charge is -2.08. The molecule has 206 valence electrons. The smallest absolute Gasteiger partial charge is 0.145 e. The molecule has 0 aliphatic rings. The molecule has 0 aliphatic heterocycles. The van der Waals surface area contributed by atoms with Gasteiger partial charge >= 0.3 is 0 Å². The molecule has 42 heavy (non-hydrogen) atoms. The van der Waals surface area contributed by atoms with E-state index in [0.717, 1.165) is 60.4 Å². The minimum atomic E-state index is 0.904. The minimum absolute atomic E-state index is 0.904. The van der Waals surface area contributed by atoms with Gasteiger partial charge in [0.15, 0.2) is 0 Å². The van der Waals surface area contributed by atoms with E-state index in [1.54, 1.807) is 0 Å². The van der Waals surface area contributed by atoms with Crippen molar-refractivity contribution in [3.8, 4) is 5.69 Å². The molecular formula is C39H33NO2. The molecule has 0 bridgehead atoms. The molecule has 3 aromatic heterocycles. The van der Waals surface area contributed by atoms with Crippen LogP contribution in [0.5, 0.6) is 0 Å². The fourth-order valence-electron chi connectivity index (χ4n) is 6.08. The van der Waals surface area contributed by atoms with Gasteiger partial charge in [0, 0.05) is 32.5 Å². The van der Waals surface area contributed by atoms with E-state index in [-0.39, 0.29) is 0 Å². The van der Waals surface area contributed by atoms with Gasteiger partial charge in [-0.3, -0.25) is 0 Å². The first-order valence-corrected chi connectivity index (χ1v) is 14.5. The van der Waals surface area contributed by atoms with Crippen molar-refractivity contribution < 1.29 is 8.83 Å². The molecule has 8 rings (SSSR count). The standard InChI is InChI=1S/C31H23NO2.C8H10/c1-4-20-22-14-15-26-29(31(22)34-30(20)18(2)3)23-10-5-7-11-25(23)32(26)19-13-16-28-24(17-19)21-9-6-8-12-27(21)33-28;1-7-5-3-4-6-8(7)2/h4-17H,1-3H3;3-6H,1-2H3/b20-4-;. The molecule has 5 aromatic carbocycles. The molecule has 0 saturated heterocycles. The van der Waals surface area contributed by atoms with Gasteiger partial charge in [0.1, 0.15) is 22.2 Å². The lowest BCUT2D eigenvalue weighted by atomic mass is 10.1. The summed E-state index contributed by atoms with van der Waals surface area (Å²) in [6, 6.07) is 36.0. The maximum absolute atomic E-state index is 6.54. The number of furan rings is 2. The van der Waals surface area contributed by atoms with Gasteiger partial charge in [0.05, 0.1) is 16.4 Å². The van der Waals surface area contributed by atoms with E-state index in [2.05, 4.69) is 136 Å². The molecule has 3 heterocycles. The van der Waals surface area contributed by atoms with Crippen LogP contribution in [0.25, 0.3) is 72.1 Å². The molecule has 0 unspecified atom stereocenters. The number of aromatic nitrogens is 1. The molecule has 3 nitrogen and oxygen atoms in total. The second-order valence-corrected chi connectivity index (χ2v) is 11.2. The molecule has 0 amide bonds. The van der Waals surface area contributed by atoms with Gasteiger partial charge in [0.2, 0.25) is 0 Å². The molecular weight excluding hydrogens is 514 g/mol. The first-order valence-electron chi connectivity index (χ1n) is 14.5. The number of benzene rings is 5. The second kappa shape index (κ2) is 10.1. The van der Waals surface area contributed by atoms with Crippen molar-refractivity contribution in [2.45, 2.75) is 34.6 Å². The van der Waals surface area contributed by atoms with Crippen molar-refractivity contribution in [2.75, 3.05) is 0 Å². The van der Waals surface area contributed by atoms with Crippen LogP contribution < -0.4 is 10.6 Å². The lowest BCUT2D eigenvalue weighted by molar-refractivity contribution is 0.574. The van der Waals surface area contributed by atoms with Crippen molar-refractivity contribution in [3.63, 3.8) is 0 Å². The summed E-state index contributed by atoms with van der Waals surface area (Å²) >= 11 is 0. The highest BCUT2D eigenvalue weighted by Gasteiger charge is 2.18. The van der Waals surface area contributed by atoms with Crippen molar-refractivity contribution in [1.29, 1.82) is 0 Å². The van der Waals surface area contributed by atoms with Crippen molar-refractivity contribution >= 4 is 66.4 Å². The fraction of sp³-hybridized carbons (Fsp3) is 0.128. The second-order valence-electron chi connectivity index (χ2n) is 11.2. The normalized spacial score (nSPS) is 12.1. The van der Waals surface area contributed by atoms with Crippen LogP contribution in [0, 0.1) is 13.8 Å². The molecule has 0 saturated carbocycles. The summed E-state index contributed by atoms with van der Waals surface area (Å²) in [7, 11) is 0. The Bertz CT molecular complexity index is 2390. The summed E-state index contributed by atoms with van der Waals surface area (Å²) in [6.45, 7) is 10.5. The Hall–Kier alpha value is -5.02. The van der Waals surface area contributed by atoms with Crippen LogP contribution in [0.1, 0.15) is 31.9 Å². The SMILES string of the molecule is C/C=c1\c(=C(C)C)oc2c1ccc1c2c2ccccc2n1-c1ccc2oc3ccccc3c2c1.Cc1ccccc1C. The summed E-state index contributed by atoms with van der Waals surface area (Å²) in [5.41, 5.74) is 11.1. The monoisotopic (exact) mass is 547 g/mol. The predicted octanol–water partition coefficient (Wildman–Crippen LogP) is 9.72. The predicted molar refractivity (Wildman–Crippen MR) is 178 cm³/mol. The van der Waals surface area contributed by atoms with Crippen LogP contribution in [0.15, 0.2) is 112 Å². The molecule has 0 spiro atoms. The van der Waals surface area contributed by atoms with Crippen LogP contribution >= 0.6 is 0 Å². The quantitative estimate of drug-likeness (QED) is 0.205. The van der Waals surface area contributed by atoms with E-state index in [4.69, 9.17) is 8.83 Å². The molecule has 0 N–H and O–H groups in total. The summed E-state index contributed by atoms with van der Waals surface area (Å²) < 4.78 is 15.0. The third kappa shape index (κ3) is 4.04. The fourth-order valence-corrected chi connectivity index (χ4v) is 6.08. The Morgan fingerprint density at radius 2 is 1.29 bits per heavy atom. The van der Waals surface area contributed by atoms with Gasteiger partial charge in [-0.15, -0.1) is 0 Å². The average molecular weight is 548 g/mol. The largest absolute Gasteiger partial charge is 0.456 e. The van der Waals surface area contributed by atoms with Crippen LogP contribution in [0.2, 0.25) is 0 Å². The number of aryl methyl sites for hydroxylation is 2. The van der Waals surface area contributed by atoms with Crippen molar-refractivity contribution in [1.82, 2.24) is 4.57 Å². The Labute approximate surface area is 244 Å². The highest BCUT2D eigenvalue weighted by atomic mass is 16.3. The zero-order valence-corrected chi connectivity index (χ0v) is 24.7. The average Bonchev–Trinajstić information content (AvgIpc) is 3.68. The number of para-hydroxylation sites is 2. The Kier molecular flexibility index (Phi) is 6.24. The Morgan fingerprint density at radius 3 is 2.00 bits per heavy atom. The van der Waals surface area contributed by atoms with E-state index in [1.807, 2.05) is 12.1 Å². The van der Waals surface area contributed by atoms with Gasteiger partial charge in [-0.1, -0.05) is 66.7 Å². The topological polar surface area (TPSA) is 31.2 Å². The number of rotatable bonds is 1. The van der Waals surface area contributed by atoms with Crippen LogP contribution in [0.3, 0.4) is 0 Å². The van der Waals surface area contributed by atoms with Crippen molar-refractivity contribution in [3.05, 3.63) is 125 Å². The maximum atomic E-state index is 6.54. The van der Waals surface area contributed by atoms with E-state index in [9.17, 15) is 0 Å². The maximum Gasteiger partial charge on any atom is 0.145 e. The van der Waals surface area contributed by atoms with Gasteiger partial charge in [-0.25, -0.2) is 0 Å². The number of hydrogen-bond donors (Lipinski definition) is 0. The highest BCUT2D eigenvalue weighted by molar-refractivity contribution is 6.20. The summed E-state index contributed by atoms with van der Waals surface area (Å²) in [6.07, 6.45) is 2.15. The minimum Gasteiger partial charge on any atom is -0.456 e. The van der Waals surface area contributed by atoms with E-state index in [0.29, 0.717) is 0 Å². The third-order valence-corrected chi connectivity index (χ3v) is 8.32. The zero-order valence-electron chi connectivity index (χ0n) is 24.7. The van der Waals surface area contributed by atoms with E-state index >= 15 is 0 Å². The van der Waals surface area contributed by atoms with E-state index in [1.165, 1.54) is 27.3 Å². The summed E-state index contributed by atoms with van der Waals surface area (Å²) in [4.78, 5) is 0. The lowest BCUT2D eigenvalue weighted by Crippen LogP contribution is -2.21. The first kappa shape index (κ1) is 25.9. The van der Waals surface area contributed by atoms with Crippen LogP contribution in [-0.4, -0.2) is 4.57 Å². The number of fused-ring (bicyclic) bond motifs is 8. The summed E-state index contributed by atoms with van der Waals surface area (Å²) in [5, 5.41) is 6.93. The molecule has 0 atom stereocenters. The number of nitrogens with zero attached hydrogens (tertiary/aromatic N) is 1. The van der Waals surface area contributed by atoms with Gasteiger partial charge in [0.25, 0.3) is 0 Å². The van der Waals surface area contributed by atoms with Crippen LogP contribution in [-0.2, 0) is 0 Å². The molecule has 0 fully saturated rings. The Balaban J connectivity index is 0.000000314. The number of hydrogen-bond acceptors (Lipinski definition) is 2. The van der Waals surface area contributed by atoms with E-state index < -0.39 is 0 Å². The van der Waals surface area contributed by atoms with Gasteiger partial charge in [-0.05, 0) is 93.8 Å². The van der Waals surface area contributed by atoms with Crippen LogP contribution in [0.4, 0.5) is 0 Å². The first-order chi connectivity index (χ1) is 20.5. The summed E-state index contributed by atoms with van der Waals surface area (Å²) in [5.74, 6) is 0. The van der Waals surface area contributed by atoms with Gasteiger partial charge in [-0.2, -0.15) is 0 Å². The molecule has 8 aromatic rings. The molecule has 0 radical (unpaired) electrons.